The van der Waals surface area contributed by atoms with Crippen LogP contribution in [0.4, 0.5) is 20.2 Å². The van der Waals surface area contributed by atoms with E-state index in [1.165, 1.54) is 6.07 Å². The van der Waals surface area contributed by atoms with E-state index in [9.17, 15) is 13.6 Å². The van der Waals surface area contributed by atoms with Crippen LogP contribution in [-0.4, -0.2) is 30.7 Å². The zero-order valence-electron chi connectivity index (χ0n) is 11.8. The molecule has 0 fully saturated rings. The largest absolute Gasteiger partial charge is 0.395 e. The summed E-state index contributed by atoms with van der Waals surface area (Å²) in [5, 5.41) is 11.6. The van der Waals surface area contributed by atoms with Gasteiger partial charge in [-0.25, -0.2) is 8.78 Å². The van der Waals surface area contributed by atoms with Gasteiger partial charge in [-0.3, -0.25) is 4.79 Å². The van der Waals surface area contributed by atoms with Crippen molar-refractivity contribution in [2.45, 2.75) is 0 Å². The number of carbonyl (C=O) groups is 1. The molecule has 0 saturated heterocycles. The van der Waals surface area contributed by atoms with Gasteiger partial charge in [-0.2, -0.15) is 0 Å². The molecule has 6 heteroatoms. The van der Waals surface area contributed by atoms with Gasteiger partial charge in [0, 0.05) is 24.0 Å². The van der Waals surface area contributed by atoms with Gasteiger partial charge in [0.2, 0.25) is 5.91 Å². The van der Waals surface area contributed by atoms with Crippen LogP contribution >= 0.6 is 0 Å². The molecule has 2 aromatic rings. The number of rotatable bonds is 6. The van der Waals surface area contributed by atoms with Crippen LogP contribution in [0, 0.1) is 11.6 Å². The Labute approximate surface area is 127 Å². The summed E-state index contributed by atoms with van der Waals surface area (Å²) in [6, 6.07) is 12.3. The molecular weight excluding hydrogens is 290 g/mol. The topological polar surface area (TPSA) is 52.6 Å². The monoisotopic (exact) mass is 306 g/mol. The Kier molecular flexibility index (Phi) is 5.43. The Balaban J connectivity index is 2.03. The number of nitrogens with one attached hydrogen (secondary N) is 1. The zero-order valence-corrected chi connectivity index (χ0v) is 11.8. The van der Waals surface area contributed by atoms with Crippen molar-refractivity contribution in [1.29, 1.82) is 0 Å². The fourth-order valence-corrected chi connectivity index (χ4v) is 2.01. The lowest BCUT2D eigenvalue weighted by atomic mass is 10.2. The summed E-state index contributed by atoms with van der Waals surface area (Å²) in [5.41, 5.74) is 0.970. The molecule has 0 atom stereocenters. The second-order valence-corrected chi connectivity index (χ2v) is 4.66. The lowest BCUT2D eigenvalue weighted by Gasteiger charge is -2.23. The third-order valence-corrected chi connectivity index (χ3v) is 3.03. The Morgan fingerprint density at radius 3 is 2.45 bits per heavy atom. The van der Waals surface area contributed by atoms with Crippen LogP contribution in [0.2, 0.25) is 0 Å². The van der Waals surface area contributed by atoms with Crippen LogP contribution < -0.4 is 10.2 Å². The molecule has 0 heterocycles. The van der Waals surface area contributed by atoms with Gasteiger partial charge in [0.25, 0.3) is 0 Å². The third kappa shape index (κ3) is 4.26. The molecule has 22 heavy (non-hydrogen) atoms. The van der Waals surface area contributed by atoms with E-state index < -0.39 is 11.6 Å². The molecule has 116 valence electrons. The predicted molar refractivity (Wildman–Crippen MR) is 80.7 cm³/mol. The zero-order chi connectivity index (χ0) is 15.9. The van der Waals surface area contributed by atoms with E-state index in [1.807, 2.05) is 30.3 Å². The molecule has 0 bridgehead atoms. The van der Waals surface area contributed by atoms with Crippen LogP contribution in [-0.2, 0) is 4.79 Å². The molecule has 0 unspecified atom stereocenters. The number of halogens is 2. The smallest absolute Gasteiger partial charge is 0.243 e. The third-order valence-electron chi connectivity index (χ3n) is 3.03. The van der Waals surface area contributed by atoms with Gasteiger partial charge in [-0.15, -0.1) is 0 Å². The molecular formula is C16H16F2N2O2. The highest BCUT2D eigenvalue weighted by Gasteiger charge is 2.12. The highest BCUT2D eigenvalue weighted by Crippen LogP contribution is 2.15. The maximum absolute atomic E-state index is 13.1. The lowest BCUT2D eigenvalue weighted by Crippen LogP contribution is -2.35. The Morgan fingerprint density at radius 1 is 1.09 bits per heavy atom. The van der Waals surface area contributed by atoms with Crippen LogP contribution in [0.3, 0.4) is 0 Å². The van der Waals surface area contributed by atoms with Crippen LogP contribution in [0.5, 0.6) is 0 Å². The number of hydrogen-bond donors (Lipinski definition) is 2. The average molecular weight is 306 g/mol. The lowest BCUT2D eigenvalue weighted by molar-refractivity contribution is -0.115. The first-order valence-corrected chi connectivity index (χ1v) is 6.76. The van der Waals surface area contributed by atoms with E-state index in [-0.39, 0.29) is 31.3 Å². The van der Waals surface area contributed by atoms with Crippen molar-refractivity contribution >= 4 is 17.3 Å². The molecule has 0 aromatic heterocycles. The molecule has 0 aliphatic carbocycles. The number of aliphatic hydroxyl groups excluding tert-OH is 1. The minimum Gasteiger partial charge on any atom is -0.395 e. The van der Waals surface area contributed by atoms with E-state index in [4.69, 9.17) is 5.11 Å². The fraction of sp³-hybridized carbons (Fsp3) is 0.188. The first-order valence-electron chi connectivity index (χ1n) is 6.76. The highest BCUT2D eigenvalue weighted by atomic mass is 19.2. The SMILES string of the molecule is O=C(CN(CCO)c1ccccc1)Nc1ccc(F)c(F)c1. The summed E-state index contributed by atoms with van der Waals surface area (Å²) < 4.78 is 26.0. The summed E-state index contributed by atoms with van der Waals surface area (Å²) >= 11 is 0. The summed E-state index contributed by atoms with van der Waals surface area (Å²) in [6.07, 6.45) is 0. The van der Waals surface area contributed by atoms with Crippen molar-refractivity contribution in [2.75, 3.05) is 29.9 Å². The molecule has 2 aromatic carbocycles. The standard InChI is InChI=1S/C16H16F2N2O2/c17-14-7-6-12(10-15(14)18)19-16(22)11-20(8-9-21)13-4-2-1-3-5-13/h1-7,10,21H,8-9,11H2,(H,19,22). The number of nitrogens with zero attached hydrogens (tertiary/aromatic N) is 1. The van der Waals surface area contributed by atoms with E-state index in [2.05, 4.69) is 5.32 Å². The fourth-order valence-electron chi connectivity index (χ4n) is 2.01. The summed E-state index contributed by atoms with van der Waals surface area (Å²) in [7, 11) is 0. The maximum atomic E-state index is 13.1. The van der Waals surface area contributed by atoms with E-state index in [0.29, 0.717) is 0 Å². The van der Waals surface area contributed by atoms with E-state index in [1.54, 1.807) is 4.90 Å². The number of hydrogen-bond acceptors (Lipinski definition) is 3. The molecule has 4 nitrogen and oxygen atoms in total. The molecule has 0 spiro atoms. The van der Waals surface area contributed by atoms with Gasteiger partial charge in [0.15, 0.2) is 11.6 Å². The second-order valence-electron chi connectivity index (χ2n) is 4.66. The minimum absolute atomic E-state index is 0.0103. The number of benzene rings is 2. The number of aliphatic hydroxyl groups is 1. The van der Waals surface area contributed by atoms with Crippen molar-refractivity contribution in [3.63, 3.8) is 0 Å². The predicted octanol–water partition coefficient (Wildman–Crippen LogP) is 2.40. The van der Waals surface area contributed by atoms with Crippen LogP contribution in [0.1, 0.15) is 0 Å². The molecule has 2 N–H and O–H groups in total. The first-order chi connectivity index (χ1) is 10.6. The van der Waals surface area contributed by atoms with Gasteiger partial charge >= 0.3 is 0 Å². The Hall–Kier alpha value is -2.47. The Bertz CT molecular complexity index is 635. The normalized spacial score (nSPS) is 10.3. The van der Waals surface area contributed by atoms with Gasteiger partial charge < -0.3 is 15.3 Å². The van der Waals surface area contributed by atoms with E-state index in [0.717, 1.165) is 17.8 Å². The van der Waals surface area contributed by atoms with Crippen molar-refractivity contribution in [3.8, 4) is 0 Å². The van der Waals surface area contributed by atoms with Crippen LogP contribution in [0.15, 0.2) is 48.5 Å². The van der Waals surface area contributed by atoms with Crippen LogP contribution in [0.25, 0.3) is 0 Å². The van der Waals surface area contributed by atoms with Crippen molar-refractivity contribution in [2.24, 2.45) is 0 Å². The van der Waals surface area contributed by atoms with Gasteiger partial charge in [-0.1, -0.05) is 18.2 Å². The van der Waals surface area contributed by atoms with Gasteiger partial charge in [0.1, 0.15) is 0 Å². The number of anilines is 2. The quantitative estimate of drug-likeness (QED) is 0.861. The summed E-state index contributed by atoms with van der Waals surface area (Å²) in [5.74, 6) is -2.37. The summed E-state index contributed by atoms with van der Waals surface area (Å²) in [6.45, 7) is 0.173. The summed E-state index contributed by atoms with van der Waals surface area (Å²) in [4.78, 5) is 13.7. The van der Waals surface area contributed by atoms with Gasteiger partial charge in [0.05, 0.1) is 13.2 Å². The first kappa shape index (κ1) is 15.9. The average Bonchev–Trinajstić information content (AvgIpc) is 2.51. The van der Waals surface area contributed by atoms with Gasteiger partial charge in [-0.05, 0) is 24.3 Å². The Morgan fingerprint density at radius 2 is 1.82 bits per heavy atom. The van der Waals surface area contributed by atoms with Crippen molar-refractivity contribution in [1.82, 2.24) is 0 Å². The molecule has 0 aliphatic heterocycles. The molecule has 0 aliphatic rings. The number of carbonyl (C=O) groups excluding carboxylic acids is 1. The molecule has 0 radical (unpaired) electrons. The second kappa shape index (κ2) is 7.51. The number of para-hydroxylation sites is 1. The minimum atomic E-state index is -1.02. The number of amides is 1. The van der Waals surface area contributed by atoms with Crippen molar-refractivity contribution in [3.05, 3.63) is 60.2 Å². The van der Waals surface area contributed by atoms with Crippen molar-refractivity contribution < 1.29 is 18.7 Å². The molecule has 1 amide bonds. The highest BCUT2D eigenvalue weighted by molar-refractivity contribution is 5.94. The van der Waals surface area contributed by atoms with E-state index >= 15 is 0 Å². The maximum Gasteiger partial charge on any atom is 0.243 e. The molecule has 0 saturated carbocycles. The molecule has 2 rings (SSSR count).